The number of carbonyl (C=O) groups excluding carboxylic acids is 1. The summed E-state index contributed by atoms with van der Waals surface area (Å²) in [6, 6.07) is 10.9. The summed E-state index contributed by atoms with van der Waals surface area (Å²) < 4.78 is 27.5. The molecule has 1 heterocycles. The van der Waals surface area contributed by atoms with E-state index in [0.29, 0.717) is 5.69 Å². The van der Waals surface area contributed by atoms with Crippen molar-refractivity contribution in [2.75, 3.05) is 0 Å². The van der Waals surface area contributed by atoms with E-state index in [1.54, 1.807) is 0 Å². The van der Waals surface area contributed by atoms with Crippen molar-refractivity contribution in [3.63, 3.8) is 0 Å². The largest absolute Gasteiger partial charge is 0.348 e. The number of benzene rings is 1. The van der Waals surface area contributed by atoms with Gasteiger partial charge in [-0.25, -0.2) is 8.78 Å². The number of nitrogens with one attached hydrogen (secondary N) is 1. The highest BCUT2D eigenvalue weighted by atomic mass is 19.3. The van der Waals surface area contributed by atoms with Crippen LogP contribution in [0.1, 0.15) is 61.5 Å². The zero-order chi connectivity index (χ0) is 17.1. The summed E-state index contributed by atoms with van der Waals surface area (Å²) >= 11 is 0. The Balaban J connectivity index is 1.70. The Hall–Kier alpha value is -2.24. The van der Waals surface area contributed by atoms with Gasteiger partial charge in [-0.05, 0) is 30.9 Å². The van der Waals surface area contributed by atoms with Gasteiger partial charge in [0.2, 0.25) is 5.91 Å². The Bertz CT molecular complexity index is 696. The molecule has 1 amide bonds. The number of halogens is 2. The van der Waals surface area contributed by atoms with E-state index in [0.717, 1.165) is 29.5 Å². The molecule has 1 aliphatic carbocycles. The van der Waals surface area contributed by atoms with Crippen LogP contribution in [-0.4, -0.2) is 15.7 Å². The first-order valence-corrected chi connectivity index (χ1v) is 8.28. The summed E-state index contributed by atoms with van der Waals surface area (Å²) in [5.74, 6) is -0.0300. The number of hydrogen-bond acceptors (Lipinski definition) is 2. The number of aromatic nitrogens is 2. The van der Waals surface area contributed by atoms with Crippen LogP contribution >= 0.6 is 0 Å². The molecule has 0 radical (unpaired) electrons. The van der Waals surface area contributed by atoms with Crippen molar-refractivity contribution in [2.24, 2.45) is 0 Å². The van der Waals surface area contributed by atoms with Gasteiger partial charge in [-0.3, -0.25) is 9.48 Å². The maximum absolute atomic E-state index is 13.2. The fraction of sp³-hybridized carbons (Fsp3) is 0.444. The maximum Gasteiger partial charge on any atom is 0.280 e. The first-order valence-electron chi connectivity index (χ1n) is 8.28. The molecular weight excluding hydrogens is 312 g/mol. The van der Waals surface area contributed by atoms with E-state index in [2.05, 4.69) is 10.4 Å². The quantitative estimate of drug-likeness (QED) is 0.833. The average molecular weight is 333 g/mol. The van der Waals surface area contributed by atoms with Gasteiger partial charge in [-0.15, -0.1) is 0 Å². The van der Waals surface area contributed by atoms with E-state index < -0.39 is 6.43 Å². The fourth-order valence-corrected chi connectivity index (χ4v) is 2.82. The minimum absolute atomic E-state index is 0.132. The molecule has 1 unspecified atom stereocenters. The SMILES string of the molecule is CCC(NC(=O)Cn1nc(C2CC2)cc1C(F)F)c1ccccc1. The lowest BCUT2D eigenvalue weighted by atomic mass is 10.0. The average Bonchev–Trinajstić information content (AvgIpc) is 3.34. The zero-order valence-corrected chi connectivity index (χ0v) is 13.6. The van der Waals surface area contributed by atoms with Crippen molar-refractivity contribution < 1.29 is 13.6 Å². The van der Waals surface area contributed by atoms with E-state index in [1.807, 2.05) is 37.3 Å². The van der Waals surface area contributed by atoms with Gasteiger partial charge in [0.1, 0.15) is 12.2 Å². The predicted octanol–water partition coefficient (Wildman–Crippen LogP) is 3.97. The van der Waals surface area contributed by atoms with Crippen LogP contribution in [0.4, 0.5) is 8.78 Å². The standard InChI is InChI=1S/C18H21F2N3O/c1-2-14(12-6-4-3-5-7-12)21-17(24)11-23-16(18(19)20)10-15(22-23)13-8-9-13/h3-7,10,13-14,18H,2,8-9,11H2,1H3,(H,21,24). The molecule has 1 atom stereocenters. The lowest BCUT2D eigenvalue weighted by molar-refractivity contribution is -0.122. The molecule has 1 aliphatic rings. The highest BCUT2D eigenvalue weighted by Gasteiger charge is 2.29. The molecule has 1 aromatic carbocycles. The number of nitrogens with zero attached hydrogens (tertiary/aromatic N) is 2. The van der Waals surface area contributed by atoms with Gasteiger partial charge >= 0.3 is 0 Å². The van der Waals surface area contributed by atoms with E-state index in [1.165, 1.54) is 6.07 Å². The topological polar surface area (TPSA) is 46.9 Å². The molecule has 1 aromatic heterocycles. The Morgan fingerprint density at radius 2 is 2.04 bits per heavy atom. The van der Waals surface area contributed by atoms with Crippen molar-refractivity contribution in [1.82, 2.24) is 15.1 Å². The second kappa shape index (κ2) is 7.11. The zero-order valence-electron chi connectivity index (χ0n) is 13.6. The van der Waals surface area contributed by atoms with Crippen LogP contribution in [0.3, 0.4) is 0 Å². The number of carbonyl (C=O) groups is 1. The van der Waals surface area contributed by atoms with Crippen molar-refractivity contribution in [3.8, 4) is 0 Å². The summed E-state index contributed by atoms with van der Waals surface area (Å²) in [7, 11) is 0. The Morgan fingerprint density at radius 1 is 1.33 bits per heavy atom. The molecule has 2 aromatic rings. The molecule has 0 saturated heterocycles. The van der Waals surface area contributed by atoms with Crippen LogP contribution in [0, 0.1) is 0 Å². The molecule has 128 valence electrons. The molecule has 24 heavy (non-hydrogen) atoms. The normalized spacial score (nSPS) is 15.5. The van der Waals surface area contributed by atoms with Crippen LogP contribution in [0.15, 0.2) is 36.4 Å². The molecule has 6 heteroatoms. The van der Waals surface area contributed by atoms with Crippen LogP contribution in [0.5, 0.6) is 0 Å². The third kappa shape index (κ3) is 3.80. The highest BCUT2D eigenvalue weighted by Crippen LogP contribution is 2.40. The Morgan fingerprint density at radius 3 is 2.62 bits per heavy atom. The molecule has 4 nitrogen and oxygen atoms in total. The lowest BCUT2D eigenvalue weighted by Crippen LogP contribution is -2.32. The van der Waals surface area contributed by atoms with E-state index in [9.17, 15) is 13.6 Å². The summed E-state index contributed by atoms with van der Waals surface area (Å²) in [5.41, 5.74) is 1.49. The molecule has 0 aliphatic heterocycles. The first kappa shape index (κ1) is 16.6. The Kier molecular flexibility index (Phi) is 4.92. The maximum atomic E-state index is 13.2. The summed E-state index contributed by atoms with van der Waals surface area (Å²) in [4.78, 5) is 12.3. The summed E-state index contributed by atoms with van der Waals surface area (Å²) in [6.45, 7) is 1.79. The van der Waals surface area contributed by atoms with Gasteiger partial charge in [-0.1, -0.05) is 37.3 Å². The second-order valence-electron chi connectivity index (χ2n) is 6.17. The summed E-state index contributed by atoms with van der Waals surface area (Å²) in [6.07, 6.45) is 0.0633. The van der Waals surface area contributed by atoms with Gasteiger partial charge in [0, 0.05) is 5.92 Å². The molecule has 1 fully saturated rings. The third-order valence-electron chi connectivity index (χ3n) is 4.29. The number of alkyl halides is 2. The lowest BCUT2D eigenvalue weighted by Gasteiger charge is -2.18. The van der Waals surface area contributed by atoms with Crippen LogP contribution in [0.2, 0.25) is 0 Å². The second-order valence-corrected chi connectivity index (χ2v) is 6.17. The van der Waals surface area contributed by atoms with Gasteiger partial charge < -0.3 is 5.32 Å². The molecule has 0 bridgehead atoms. The van der Waals surface area contributed by atoms with Crippen molar-refractivity contribution in [3.05, 3.63) is 53.3 Å². The van der Waals surface area contributed by atoms with E-state index in [-0.39, 0.29) is 30.1 Å². The summed E-state index contributed by atoms with van der Waals surface area (Å²) in [5, 5.41) is 7.12. The predicted molar refractivity (Wildman–Crippen MR) is 86.8 cm³/mol. The molecule has 3 rings (SSSR count). The van der Waals surface area contributed by atoms with Crippen molar-refractivity contribution in [2.45, 2.75) is 51.1 Å². The number of amides is 1. The van der Waals surface area contributed by atoms with Crippen LogP contribution < -0.4 is 5.32 Å². The van der Waals surface area contributed by atoms with Gasteiger partial charge in [0.15, 0.2) is 0 Å². The monoisotopic (exact) mass is 333 g/mol. The van der Waals surface area contributed by atoms with Crippen molar-refractivity contribution >= 4 is 5.91 Å². The smallest absolute Gasteiger partial charge is 0.280 e. The molecule has 1 saturated carbocycles. The number of hydrogen-bond donors (Lipinski definition) is 1. The van der Waals surface area contributed by atoms with E-state index >= 15 is 0 Å². The molecule has 0 spiro atoms. The fourth-order valence-electron chi connectivity index (χ4n) is 2.82. The first-order chi connectivity index (χ1) is 11.6. The van der Waals surface area contributed by atoms with E-state index in [4.69, 9.17) is 0 Å². The minimum atomic E-state index is -2.63. The van der Waals surface area contributed by atoms with Gasteiger partial charge in [-0.2, -0.15) is 5.10 Å². The highest BCUT2D eigenvalue weighted by molar-refractivity contribution is 5.76. The molecule has 1 N–H and O–H groups in total. The molecular formula is C18H21F2N3O. The Labute approximate surface area is 139 Å². The van der Waals surface area contributed by atoms with Gasteiger partial charge in [0.25, 0.3) is 6.43 Å². The van der Waals surface area contributed by atoms with Crippen molar-refractivity contribution in [1.29, 1.82) is 0 Å². The van der Waals surface area contributed by atoms with Crippen LogP contribution in [0.25, 0.3) is 0 Å². The van der Waals surface area contributed by atoms with Gasteiger partial charge in [0.05, 0.1) is 11.7 Å². The third-order valence-corrected chi connectivity index (χ3v) is 4.29. The minimum Gasteiger partial charge on any atom is -0.348 e. The number of rotatable bonds is 7. The van der Waals surface area contributed by atoms with Crippen LogP contribution in [-0.2, 0) is 11.3 Å².